The van der Waals surface area contributed by atoms with Crippen molar-refractivity contribution in [2.24, 2.45) is 5.14 Å². The molecule has 0 spiro atoms. The van der Waals surface area contributed by atoms with Crippen LogP contribution in [0.5, 0.6) is 0 Å². The Hall–Kier alpha value is -1.01. The standard InChI is InChI=1S/C9H14N2O6S3/c1-6-5-7(18-8(6)9(12)13)20(16,17)11-3-2-4-19(10,14)15/h5,11H,2-4H2,1H3,(H,12,13)(H2,10,14,15). The average molecular weight is 342 g/mol. The molecule has 0 unspecified atom stereocenters. The van der Waals surface area contributed by atoms with Crippen LogP contribution in [0.2, 0.25) is 0 Å². The molecule has 0 aliphatic rings. The third-order valence-corrected chi connectivity index (χ3v) is 6.27. The number of hydrogen-bond donors (Lipinski definition) is 3. The third kappa shape index (κ3) is 4.83. The van der Waals surface area contributed by atoms with Crippen molar-refractivity contribution < 1.29 is 26.7 Å². The second-order valence-electron chi connectivity index (χ2n) is 4.00. The van der Waals surface area contributed by atoms with E-state index < -0.39 is 26.0 Å². The van der Waals surface area contributed by atoms with Crippen LogP contribution < -0.4 is 9.86 Å². The number of thiophene rings is 1. The normalized spacial score (nSPS) is 12.5. The van der Waals surface area contributed by atoms with Gasteiger partial charge < -0.3 is 5.11 Å². The van der Waals surface area contributed by atoms with Crippen molar-refractivity contribution in [3.8, 4) is 0 Å². The molecular formula is C9H14N2O6S3. The summed E-state index contributed by atoms with van der Waals surface area (Å²) >= 11 is 0.645. The molecule has 0 amide bonds. The van der Waals surface area contributed by atoms with Crippen LogP contribution >= 0.6 is 11.3 Å². The number of sulfonamides is 2. The molecular weight excluding hydrogens is 328 g/mol. The van der Waals surface area contributed by atoms with E-state index in [4.69, 9.17) is 10.2 Å². The van der Waals surface area contributed by atoms with E-state index in [0.29, 0.717) is 16.9 Å². The Morgan fingerprint density at radius 1 is 1.40 bits per heavy atom. The molecule has 1 aromatic rings. The fraction of sp³-hybridized carbons (Fsp3) is 0.444. The number of hydrogen-bond acceptors (Lipinski definition) is 6. The summed E-state index contributed by atoms with van der Waals surface area (Å²) in [7, 11) is -7.47. The molecule has 4 N–H and O–H groups in total. The van der Waals surface area contributed by atoms with Gasteiger partial charge in [-0.05, 0) is 25.0 Å². The van der Waals surface area contributed by atoms with Crippen LogP contribution in [0.25, 0.3) is 0 Å². The molecule has 8 nitrogen and oxygen atoms in total. The lowest BCUT2D eigenvalue weighted by atomic mass is 10.3. The lowest BCUT2D eigenvalue weighted by Gasteiger charge is -2.03. The summed E-state index contributed by atoms with van der Waals surface area (Å²) in [6.07, 6.45) is 0.0359. The predicted octanol–water partition coefficient (Wildman–Crippen LogP) is -0.288. The fourth-order valence-electron chi connectivity index (χ4n) is 1.35. The highest BCUT2D eigenvalue weighted by Crippen LogP contribution is 2.25. The van der Waals surface area contributed by atoms with Crippen molar-refractivity contribution in [2.75, 3.05) is 12.3 Å². The maximum atomic E-state index is 11.9. The summed E-state index contributed by atoms with van der Waals surface area (Å²) in [5.74, 6) is -1.53. The maximum Gasteiger partial charge on any atom is 0.346 e. The molecule has 0 radical (unpaired) electrons. The Balaban J connectivity index is 2.75. The molecule has 11 heteroatoms. The van der Waals surface area contributed by atoms with Gasteiger partial charge in [0, 0.05) is 6.54 Å². The van der Waals surface area contributed by atoms with Crippen LogP contribution in [0.3, 0.4) is 0 Å². The summed E-state index contributed by atoms with van der Waals surface area (Å²) < 4.78 is 47.2. The Kier molecular flexibility index (Phi) is 5.27. The molecule has 0 atom stereocenters. The van der Waals surface area contributed by atoms with Crippen LogP contribution in [0, 0.1) is 6.92 Å². The quantitative estimate of drug-likeness (QED) is 0.581. The van der Waals surface area contributed by atoms with E-state index in [1.165, 1.54) is 13.0 Å². The molecule has 1 heterocycles. The van der Waals surface area contributed by atoms with Gasteiger partial charge in [-0.3, -0.25) is 0 Å². The van der Waals surface area contributed by atoms with Gasteiger partial charge in [0.25, 0.3) is 0 Å². The van der Waals surface area contributed by atoms with E-state index in [9.17, 15) is 21.6 Å². The first-order chi connectivity index (χ1) is 9.03. The summed E-state index contributed by atoms with van der Waals surface area (Å²) in [5.41, 5.74) is 0.354. The van der Waals surface area contributed by atoms with Gasteiger partial charge in [0.1, 0.15) is 9.09 Å². The molecule has 0 bridgehead atoms. The highest BCUT2D eigenvalue weighted by atomic mass is 32.2. The van der Waals surface area contributed by atoms with Gasteiger partial charge in [0.2, 0.25) is 20.0 Å². The van der Waals surface area contributed by atoms with E-state index >= 15 is 0 Å². The van der Waals surface area contributed by atoms with E-state index in [-0.39, 0.29) is 27.8 Å². The summed E-state index contributed by atoms with van der Waals surface area (Å²) in [6.45, 7) is 1.40. The van der Waals surface area contributed by atoms with Crippen molar-refractivity contribution in [3.63, 3.8) is 0 Å². The molecule has 114 valence electrons. The SMILES string of the molecule is Cc1cc(S(=O)(=O)NCCCS(N)(=O)=O)sc1C(=O)O. The first kappa shape index (κ1) is 17.0. The minimum atomic E-state index is -3.84. The number of carboxylic acids is 1. The zero-order valence-corrected chi connectivity index (χ0v) is 12.9. The van der Waals surface area contributed by atoms with Gasteiger partial charge in [-0.15, -0.1) is 11.3 Å². The van der Waals surface area contributed by atoms with Gasteiger partial charge in [0.05, 0.1) is 5.75 Å². The fourth-order valence-corrected chi connectivity index (χ4v) is 4.39. The monoisotopic (exact) mass is 342 g/mol. The molecule has 1 aromatic heterocycles. The van der Waals surface area contributed by atoms with E-state index in [1.54, 1.807) is 0 Å². The number of aromatic carboxylic acids is 1. The Morgan fingerprint density at radius 3 is 2.45 bits per heavy atom. The second kappa shape index (κ2) is 6.18. The van der Waals surface area contributed by atoms with Crippen LogP contribution in [0.1, 0.15) is 21.7 Å². The van der Waals surface area contributed by atoms with Crippen LogP contribution in [-0.2, 0) is 20.0 Å². The van der Waals surface area contributed by atoms with Gasteiger partial charge in [-0.1, -0.05) is 0 Å². The maximum absolute atomic E-state index is 11.9. The van der Waals surface area contributed by atoms with E-state index in [2.05, 4.69) is 4.72 Å². The van der Waals surface area contributed by atoms with Crippen molar-refractivity contribution >= 4 is 37.4 Å². The van der Waals surface area contributed by atoms with Gasteiger partial charge in [-0.25, -0.2) is 31.5 Å². The van der Waals surface area contributed by atoms with Gasteiger partial charge in [-0.2, -0.15) is 0 Å². The number of carboxylic acid groups (broad SMARTS) is 1. The highest BCUT2D eigenvalue weighted by molar-refractivity contribution is 7.91. The molecule has 20 heavy (non-hydrogen) atoms. The molecule has 0 aromatic carbocycles. The Morgan fingerprint density at radius 2 is 2.00 bits per heavy atom. The Bertz CT molecular complexity index is 704. The number of primary sulfonamides is 1. The third-order valence-electron chi connectivity index (χ3n) is 2.25. The lowest BCUT2D eigenvalue weighted by Crippen LogP contribution is -2.27. The Labute approximate surface area is 120 Å². The molecule has 0 fully saturated rings. The van der Waals surface area contributed by atoms with Crippen molar-refractivity contribution in [2.45, 2.75) is 17.6 Å². The summed E-state index contributed by atoms with van der Waals surface area (Å²) in [5, 5.41) is 13.6. The minimum Gasteiger partial charge on any atom is -0.477 e. The zero-order chi connectivity index (χ0) is 15.6. The van der Waals surface area contributed by atoms with Crippen molar-refractivity contribution in [3.05, 3.63) is 16.5 Å². The molecule has 1 rings (SSSR count). The summed E-state index contributed by atoms with van der Waals surface area (Å²) in [4.78, 5) is 10.8. The minimum absolute atomic E-state index is 0.0359. The van der Waals surface area contributed by atoms with Crippen molar-refractivity contribution in [1.29, 1.82) is 0 Å². The first-order valence-corrected chi connectivity index (χ1v) is 9.38. The molecule has 0 saturated carbocycles. The van der Waals surface area contributed by atoms with Crippen LogP contribution in [0.4, 0.5) is 0 Å². The molecule has 0 saturated heterocycles. The number of aryl methyl sites for hydroxylation is 1. The molecule has 0 aliphatic carbocycles. The van der Waals surface area contributed by atoms with Gasteiger partial charge >= 0.3 is 5.97 Å². The number of nitrogens with one attached hydrogen (secondary N) is 1. The van der Waals surface area contributed by atoms with Crippen LogP contribution in [-0.4, -0.2) is 40.2 Å². The topological polar surface area (TPSA) is 144 Å². The highest BCUT2D eigenvalue weighted by Gasteiger charge is 2.21. The number of carbonyl (C=O) groups is 1. The average Bonchev–Trinajstić information content (AvgIpc) is 2.66. The second-order valence-corrected chi connectivity index (χ2v) is 8.78. The largest absolute Gasteiger partial charge is 0.477 e. The molecule has 0 aliphatic heterocycles. The number of rotatable bonds is 7. The smallest absolute Gasteiger partial charge is 0.346 e. The number of nitrogens with two attached hydrogens (primary N) is 1. The van der Waals surface area contributed by atoms with Crippen molar-refractivity contribution in [1.82, 2.24) is 4.72 Å². The van der Waals surface area contributed by atoms with Crippen LogP contribution in [0.15, 0.2) is 10.3 Å². The van der Waals surface area contributed by atoms with E-state index in [1.807, 2.05) is 0 Å². The van der Waals surface area contributed by atoms with E-state index in [0.717, 1.165) is 0 Å². The zero-order valence-electron chi connectivity index (χ0n) is 10.5. The van der Waals surface area contributed by atoms with Gasteiger partial charge in [0.15, 0.2) is 0 Å². The summed E-state index contributed by atoms with van der Waals surface area (Å²) in [6, 6.07) is 1.26. The predicted molar refractivity (Wildman–Crippen MR) is 73.8 cm³/mol. The lowest BCUT2D eigenvalue weighted by molar-refractivity contribution is 0.0701. The first-order valence-electron chi connectivity index (χ1n) is 5.37.